The molecule has 2 rings (SSSR count). The van der Waals surface area contributed by atoms with Crippen LogP contribution in [0.3, 0.4) is 0 Å². The van der Waals surface area contributed by atoms with Crippen LogP contribution in [0.15, 0.2) is 36.4 Å². The van der Waals surface area contributed by atoms with Gasteiger partial charge in [-0.2, -0.15) is 0 Å². The smallest absolute Gasteiger partial charge is 0.273 e. The molecule has 0 aliphatic rings. The molecular weight excluding hydrogens is 357 g/mol. The van der Waals surface area contributed by atoms with Crippen LogP contribution in [-0.2, 0) is 4.79 Å². The molecule has 0 saturated heterocycles. The molecule has 0 aliphatic carbocycles. The second-order valence-electron chi connectivity index (χ2n) is 4.67. The first-order chi connectivity index (χ1) is 11.4. The predicted molar refractivity (Wildman–Crippen MR) is 93.2 cm³/mol. The lowest BCUT2D eigenvalue weighted by Crippen LogP contribution is -2.22. The van der Waals surface area contributed by atoms with Crippen molar-refractivity contribution in [3.63, 3.8) is 0 Å². The number of nitrogens with one attached hydrogen (secondary N) is 2. The van der Waals surface area contributed by atoms with E-state index in [1.807, 2.05) is 0 Å². The summed E-state index contributed by atoms with van der Waals surface area (Å²) in [6, 6.07) is 8.83. The maximum Gasteiger partial charge on any atom is 0.273 e. The van der Waals surface area contributed by atoms with E-state index in [0.717, 1.165) is 0 Å². The maximum atomic E-state index is 12.0. The van der Waals surface area contributed by atoms with E-state index in [2.05, 4.69) is 10.6 Å². The topological polar surface area (TPSA) is 93.5 Å². The minimum absolute atomic E-state index is 0.0297. The summed E-state index contributed by atoms with van der Waals surface area (Å²) in [4.78, 5) is 22.2. The van der Waals surface area contributed by atoms with Crippen LogP contribution >= 0.6 is 23.2 Å². The zero-order chi connectivity index (χ0) is 17.7. The highest BCUT2D eigenvalue weighted by Crippen LogP contribution is 2.29. The lowest BCUT2D eigenvalue weighted by molar-refractivity contribution is -0.384. The summed E-state index contributed by atoms with van der Waals surface area (Å²) in [6.07, 6.45) is 0. The third-order valence-electron chi connectivity index (χ3n) is 3.04. The van der Waals surface area contributed by atoms with Crippen molar-refractivity contribution in [1.82, 2.24) is 0 Å². The number of halogens is 2. The van der Waals surface area contributed by atoms with Crippen LogP contribution < -0.4 is 15.4 Å². The average molecular weight is 370 g/mol. The first kappa shape index (κ1) is 17.8. The molecule has 9 heteroatoms. The Kier molecular flexibility index (Phi) is 5.83. The lowest BCUT2D eigenvalue weighted by Gasteiger charge is -2.11. The third-order valence-corrected chi connectivity index (χ3v) is 3.78. The molecule has 2 aromatic carbocycles. The van der Waals surface area contributed by atoms with Gasteiger partial charge >= 0.3 is 0 Å². The number of amides is 1. The monoisotopic (exact) mass is 369 g/mol. The fourth-order valence-electron chi connectivity index (χ4n) is 1.88. The third kappa shape index (κ3) is 4.50. The molecule has 0 heterocycles. The average Bonchev–Trinajstić information content (AvgIpc) is 2.56. The summed E-state index contributed by atoms with van der Waals surface area (Å²) in [6.45, 7) is -0.0297. The molecule has 0 aliphatic heterocycles. The van der Waals surface area contributed by atoms with Crippen molar-refractivity contribution in [3.05, 3.63) is 56.6 Å². The van der Waals surface area contributed by atoms with Gasteiger partial charge in [0, 0.05) is 11.8 Å². The lowest BCUT2D eigenvalue weighted by atomic mass is 10.2. The Bertz CT molecular complexity index is 783. The van der Waals surface area contributed by atoms with E-state index in [9.17, 15) is 14.9 Å². The number of methoxy groups -OCH3 is 1. The first-order valence-electron chi connectivity index (χ1n) is 6.72. The molecule has 126 valence electrons. The summed E-state index contributed by atoms with van der Waals surface area (Å²) in [5.74, 6) is -0.152. The van der Waals surface area contributed by atoms with Crippen LogP contribution in [0.25, 0.3) is 0 Å². The van der Waals surface area contributed by atoms with Gasteiger partial charge in [0.05, 0.1) is 40.4 Å². The molecule has 24 heavy (non-hydrogen) atoms. The summed E-state index contributed by atoms with van der Waals surface area (Å²) >= 11 is 11.7. The zero-order valence-corrected chi connectivity index (χ0v) is 14.0. The van der Waals surface area contributed by atoms with Gasteiger partial charge in [-0.3, -0.25) is 14.9 Å². The molecule has 0 saturated carbocycles. The number of carbonyl (C=O) groups excluding carboxylic acids is 1. The minimum atomic E-state index is -0.542. The van der Waals surface area contributed by atoms with Crippen molar-refractivity contribution in [2.45, 2.75) is 0 Å². The summed E-state index contributed by atoms with van der Waals surface area (Å²) in [7, 11) is 1.36. The van der Waals surface area contributed by atoms with Gasteiger partial charge in [-0.1, -0.05) is 23.2 Å². The Balaban J connectivity index is 2.01. The molecule has 0 fully saturated rings. The highest BCUT2D eigenvalue weighted by atomic mass is 35.5. The van der Waals surface area contributed by atoms with Crippen molar-refractivity contribution < 1.29 is 14.5 Å². The van der Waals surface area contributed by atoms with Gasteiger partial charge in [0.2, 0.25) is 5.91 Å². The molecule has 0 atom stereocenters. The standard InChI is InChI=1S/C15H13Cl2N3O4/c1-24-14-7-10(20(22)23)3-5-13(14)19-15(21)8-18-9-2-4-11(16)12(17)6-9/h2-7,18H,8H2,1H3,(H,19,21). The highest BCUT2D eigenvalue weighted by Gasteiger charge is 2.13. The first-order valence-corrected chi connectivity index (χ1v) is 7.47. The number of hydrogen-bond donors (Lipinski definition) is 2. The largest absolute Gasteiger partial charge is 0.494 e. The number of nitrogens with zero attached hydrogens (tertiary/aromatic N) is 1. The minimum Gasteiger partial charge on any atom is -0.494 e. The van der Waals surface area contributed by atoms with Gasteiger partial charge in [0.1, 0.15) is 5.75 Å². The molecule has 2 N–H and O–H groups in total. The molecule has 0 bridgehead atoms. The molecule has 7 nitrogen and oxygen atoms in total. The van der Waals surface area contributed by atoms with E-state index >= 15 is 0 Å². The van der Waals surface area contributed by atoms with E-state index in [1.165, 1.54) is 25.3 Å². The van der Waals surface area contributed by atoms with Crippen molar-refractivity contribution in [2.75, 3.05) is 24.3 Å². The van der Waals surface area contributed by atoms with Gasteiger partial charge in [0.25, 0.3) is 5.69 Å². The van der Waals surface area contributed by atoms with Crippen LogP contribution in [0.1, 0.15) is 0 Å². The maximum absolute atomic E-state index is 12.0. The fraction of sp³-hybridized carbons (Fsp3) is 0.133. The predicted octanol–water partition coefficient (Wildman–Crippen LogP) is 3.96. The van der Waals surface area contributed by atoms with Gasteiger partial charge in [-0.15, -0.1) is 0 Å². The zero-order valence-electron chi connectivity index (χ0n) is 12.5. The number of nitro groups is 1. The molecule has 0 spiro atoms. The number of rotatable bonds is 6. The van der Waals surface area contributed by atoms with E-state index in [-0.39, 0.29) is 23.9 Å². The van der Waals surface area contributed by atoms with E-state index in [0.29, 0.717) is 21.4 Å². The summed E-state index contributed by atoms with van der Waals surface area (Å²) in [5, 5.41) is 17.1. The van der Waals surface area contributed by atoms with Crippen LogP contribution in [0, 0.1) is 10.1 Å². The Morgan fingerprint density at radius 1 is 1.21 bits per heavy atom. The number of benzene rings is 2. The van der Waals surface area contributed by atoms with Crippen molar-refractivity contribution >= 4 is 46.2 Å². The van der Waals surface area contributed by atoms with Gasteiger partial charge in [-0.05, 0) is 24.3 Å². The number of hydrogen-bond acceptors (Lipinski definition) is 5. The quantitative estimate of drug-likeness (QED) is 0.593. The number of ether oxygens (including phenoxy) is 1. The van der Waals surface area contributed by atoms with Crippen LogP contribution in [0.4, 0.5) is 17.1 Å². The molecular formula is C15H13Cl2N3O4. The number of non-ortho nitro benzene ring substituents is 1. The SMILES string of the molecule is COc1cc([N+](=O)[O-])ccc1NC(=O)CNc1ccc(Cl)c(Cl)c1. The van der Waals surface area contributed by atoms with E-state index in [1.54, 1.807) is 18.2 Å². The second-order valence-corrected chi connectivity index (χ2v) is 5.49. The van der Waals surface area contributed by atoms with Crippen molar-refractivity contribution in [2.24, 2.45) is 0 Å². The van der Waals surface area contributed by atoms with Crippen molar-refractivity contribution in [3.8, 4) is 5.75 Å². The Labute approximate surface area is 147 Å². The van der Waals surface area contributed by atoms with Gasteiger partial charge in [-0.25, -0.2) is 0 Å². The Morgan fingerprint density at radius 3 is 2.58 bits per heavy atom. The second kappa shape index (κ2) is 7.85. The van der Waals surface area contributed by atoms with Gasteiger partial charge < -0.3 is 15.4 Å². The van der Waals surface area contributed by atoms with Crippen LogP contribution in [0.2, 0.25) is 10.0 Å². The normalized spacial score (nSPS) is 10.1. The summed E-state index contributed by atoms with van der Waals surface area (Å²) < 4.78 is 5.06. The van der Waals surface area contributed by atoms with Crippen LogP contribution in [-0.4, -0.2) is 24.5 Å². The number of nitro benzene ring substituents is 1. The molecule has 0 radical (unpaired) electrons. The molecule has 1 amide bonds. The van der Waals surface area contributed by atoms with E-state index < -0.39 is 4.92 Å². The number of anilines is 2. The van der Waals surface area contributed by atoms with Crippen molar-refractivity contribution in [1.29, 1.82) is 0 Å². The molecule has 0 aromatic heterocycles. The van der Waals surface area contributed by atoms with E-state index in [4.69, 9.17) is 27.9 Å². The highest BCUT2D eigenvalue weighted by molar-refractivity contribution is 6.42. The Morgan fingerprint density at radius 2 is 1.96 bits per heavy atom. The fourth-order valence-corrected chi connectivity index (χ4v) is 2.18. The van der Waals surface area contributed by atoms with Crippen LogP contribution in [0.5, 0.6) is 5.75 Å². The number of carbonyl (C=O) groups is 1. The Hall–Kier alpha value is -2.51. The molecule has 2 aromatic rings. The summed E-state index contributed by atoms with van der Waals surface area (Å²) in [5.41, 5.74) is 0.845. The molecule has 0 unspecified atom stereocenters. The van der Waals surface area contributed by atoms with Gasteiger partial charge in [0.15, 0.2) is 0 Å².